The van der Waals surface area contributed by atoms with Crippen LogP contribution in [0.15, 0.2) is 16.7 Å². The van der Waals surface area contributed by atoms with Gasteiger partial charge in [-0.25, -0.2) is 4.98 Å². The molecule has 19 heavy (non-hydrogen) atoms. The van der Waals surface area contributed by atoms with Crippen LogP contribution >= 0.6 is 15.9 Å². The molecule has 1 rings (SSSR count). The lowest BCUT2D eigenvalue weighted by Gasteiger charge is -2.11. The van der Waals surface area contributed by atoms with Crippen LogP contribution in [-0.4, -0.2) is 30.2 Å². The van der Waals surface area contributed by atoms with Crippen molar-refractivity contribution in [3.05, 3.63) is 22.3 Å². The molecule has 0 spiro atoms. The maximum atomic E-state index is 12.0. The summed E-state index contributed by atoms with van der Waals surface area (Å²) in [5.74, 6) is -0.246. The number of nitrogens with zero attached hydrogens (tertiary/aromatic N) is 1. The highest BCUT2D eigenvalue weighted by Gasteiger charge is 2.26. The van der Waals surface area contributed by atoms with E-state index in [4.69, 9.17) is 0 Å². The minimum atomic E-state index is -4.28. The molecule has 1 aromatic rings. The van der Waals surface area contributed by atoms with Crippen LogP contribution in [0.2, 0.25) is 0 Å². The Kier molecular flexibility index (Phi) is 5.59. The highest BCUT2D eigenvalue weighted by Crippen LogP contribution is 2.20. The van der Waals surface area contributed by atoms with E-state index in [9.17, 15) is 18.0 Å². The predicted molar refractivity (Wildman–Crippen MR) is 69.1 cm³/mol. The Morgan fingerprint density at radius 1 is 1.47 bits per heavy atom. The van der Waals surface area contributed by atoms with Crippen LogP contribution < -0.4 is 10.6 Å². The number of amides is 1. The van der Waals surface area contributed by atoms with Crippen LogP contribution in [0.3, 0.4) is 0 Å². The average Bonchev–Trinajstić information content (AvgIpc) is 2.30. The van der Waals surface area contributed by atoms with Crippen LogP contribution in [0.4, 0.5) is 19.0 Å². The largest absolute Gasteiger partial charge is 0.390 e. The molecule has 0 atom stereocenters. The normalized spacial score (nSPS) is 11.2. The van der Waals surface area contributed by atoms with Gasteiger partial charge in [0.2, 0.25) is 0 Å². The van der Waals surface area contributed by atoms with Gasteiger partial charge in [0.1, 0.15) is 5.82 Å². The highest BCUT2D eigenvalue weighted by atomic mass is 79.9. The Balaban J connectivity index is 2.72. The zero-order valence-corrected chi connectivity index (χ0v) is 11.7. The van der Waals surface area contributed by atoms with E-state index < -0.39 is 25.0 Å². The molecule has 0 fully saturated rings. The second kappa shape index (κ2) is 6.74. The minimum absolute atomic E-state index is 0.207. The van der Waals surface area contributed by atoms with Crippen molar-refractivity contribution in [1.29, 1.82) is 0 Å². The number of anilines is 1. The number of alkyl halides is 3. The summed E-state index contributed by atoms with van der Waals surface area (Å²) in [6.45, 7) is 1.92. The monoisotopic (exact) mass is 339 g/mol. The molecule has 0 radical (unpaired) electrons. The van der Waals surface area contributed by atoms with Crippen molar-refractivity contribution < 1.29 is 18.0 Å². The summed E-state index contributed by atoms with van der Waals surface area (Å²) in [5.41, 5.74) is 0.207. The number of nitrogens with one attached hydrogen (secondary N) is 2. The number of halogens is 4. The fraction of sp³-hybridized carbons (Fsp3) is 0.455. The van der Waals surface area contributed by atoms with Crippen molar-refractivity contribution in [1.82, 2.24) is 10.3 Å². The zero-order chi connectivity index (χ0) is 14.5. The summed E-state index contributed by atoms with van der Waals surface area (Å²) in [6, 6.07) is 1.51. The topological polar surface area (TPSA) is 54.0 Å². The van der Waals surface area contributed by atoms with Gasteiger partial charge in [-0.15, -0.1) is 0 Å². The number of hydrogen-bond acceptors (Lipinski definition) is 3. The van der Waals surface area contributed by atoms with Crippen LogP contribution in [0.5, 0.6) is 0 Å². The molecule has 0 saturated heterocycles. The van der Waals surface area contributed by atoms with E-state index in [0.717, 1.165) is 0 Å². The first-order valence-electron chi connectivity index (χ1n) is 5.58. The van der Waals surface area contributed by atoms with Crippen LogP contribution in [0.25, 0.3) is 0 Å². The standard InChI is InChI=1S/C11H13BrF3N3O/c1-2-16-9-8(5-7(12)6-18-9)10(19)17-4-3-11(13,14)15/h5-6H,2-4H2,1H3,(H,16,18)(H,17,19). The number of rotatable bonds is 5. The fourth-order valence-corrected chi connectivity index (χ4v) is 1.66. The van der Waals surface area contributed by atoms with Crippen molar-refractivity contribution >= 4 is 27.7 Å². The molecule has 0 bridgehead atoms. The summed E-state index contributed by atoms with van der Waals surface area (Å²) in [6.07, 6.45) is -3.84. The van der Waals surface area contributed by atoms with E-state index in [0.29, 0.717) is 16.8 Å². The molecule has 106 valence electrons. The molecule has 0 aliphatic carbocycles. The number of carbonyl (C=O) groups excluding carboxylic acids is 1. The summed E-state index contributed by atoms with van der Waals surface area (Å²) in [7, 11) is 0. The average molecular weight is 340 g/mol. The number of carbonyl (C=O) groups is 1. The van der Waals surface area contributed by atoms with E-state index in [1.54, 1.807) is 0 Å². The maximum absolute atomic E-state index is 12.0. The minimum Gasteiger partial charge on any atom is -0.370 e. The second-order valence-electron chi connectivity index (χ2n) is 3.70. The van der Waals surface area contributed by atoms with E-state index in [1.165, 1.54) is 12.3 Å². The van der Waals surface area contributed by atoms with Crippen LogP contribution in [0.1, 0.15) is 23.7 Å². The molecule has 1 aromatic heterocycles. The Morgan fingerprint density at radius 3 is 2.74 bits per heavy atom. The van der Waals surface area contributed by atoms with Crippen LogP contribution in [-0.2, 0) is 0 Å². The van der Waals surface area contributed by atoms with Gasteiger partial charge in [-0.05, 0) is 28.9 Å². The van der Waals surface area contributed by atoms with Gasteiger partial charge in [-0.2, -0.15) is 13.2 Å². The van der Waals surface area contributed by atoms with Gasteiger partial charge in [-0.1, -0.05) is 0 Å². The van der Waals surface area contributed by atoms with E-state index >= 15 is 0 Å². The Bertz CT molecular complexity index is 451. The molecule has 0 aliphatic rings. The van der Waals surface area contributed by atoms with Gasteiger partial charge in [0, 0.05) is 23.8 Å². The van der Waals surface area contributed by atoms with Crippen molar-refractivity contribution in [3.8, 4) is 0 Å². The van der Waals surface area contributed by atoms with Crippen molar-refractivity contribution in [2.45, 2.75) is 19.5 Å². The molecule has 0 saturated carbocycles. The second-order valence-corrected chi connectivity index (χ2v) is 4.62. The Morgan fingerprint density at radius 2 is 2.16 bits per heavy atom. The molecule has 1 amide bonds. The van der Waals surface area contributed by atoms with Gasteiger partial charge in [0.25, 0.3) is 5.91 Å². The molecule has 2 N–H and O–H groups in total. The summed E-state index contributed by atoms with van der Waals surface area (Å²) in [5, 5.41) is 5.10. The zero-order valence-electron chi connectivity index (χ0n) is 10.1. The molecular formula is C11H13BrF3N3O. The lowest BCUT2D eigenvalue weighted by Crippen LogP contribution is -2.28. The molecule has 0 aliphatic heterocycles. The van der Waals surface area contributed by atoms with Gasteiger partial charge >= 0.3 is 6.18 Å². The highest BCUT2D eigenvalue weighted by molar-refractivity contribution is 9.10. The van der Waals surface area contributed by atoms with Crippen molar-refractivity contribution in [2.75, 3.05) is 18.4 Å². The fourth-order valence-electron chi connectivity index (χ4n) is 1.33. The quantitative estimate of drug-likeness (QED) is 0.867. The predicted octanol–water partition coefficient (Wildman–Crippen LogP) is 2.96. The summed E-state index contributed by atoms with van der Waals surface area (Å²) >= 11 is 3.17. The smallest absolute Gasteiger partial charge is 0.370 e. The van der Waals surface area contributed by atoms with Crippen LogP contribution in [0, 0.1) is 0 Å². The summed E-state index contributed by atoms with van der Waals surface area (Å²) in [4.78, 5) is 15.8. The third-order valence-electron chi connectivity index (χ3n) is 2.14. The van der Waals surface area contributed by atoms with E-state index in [-0.39, 0.29) is 5.56 Å². The molecule has 4 nitrogen and oxygen atoms in total. The van der Waals surface area contributed by atoms with Gasteiger partial charge in [0.05, 0.1) is 12.0 Å². The molecule has 1 heterocycles. The maximum Gasteiger partial charge on any atom is 0.390 e. The third kappa shape index (κ3) is 5.46. The van der Waals surface area contributed by atoms with Gasteiger partial charge in [0.15, 0.2) is 0 Å². The molecule has 0 aromatic carbocycles. The Labute approximate surface area is 116 Å². The first kappa shape index (κ1) is 15.7. The van der Waals surface area contributed by atoms with Crippen molar-refractivity contribution in [3.63, 3.8) is 0 Å². The summed E-state index contributed by atoms with van der Waals surface area (Å²) < 4.78 is 36.5. The first-order chi connectivity index (χ1) is 8.83. The van der Waals surface area contributed by atoms with Gasteiger partial charge < -0.3 is 10.6 Å². The Hall–Kier alpha value is -1.31. The third-order valence-corrected chi connectivity index (χ3v) is 2.57. The van der Waals surface area contributed by atoms with Gasteiger partial charge in [-0.3, -0.25) is 4.79 Å². The SMILES string of the molecule is CCNc1ncc(Br)cc1C(=O)NCCC(F)(F)F. The lowest BCUT2D eigenvalue weighted by atomic mass is 10.2. The first-order valence-corrected chi connectivity index (χ1v) is 6.37. The lowest BCUT2D eigenvalue weighted by molar-refractivity contribution is -0.132. The van der Waals surface area contributed by atoms with Crippen molar-refractivity contribution in [2.24, 2.45) is 0 Å². The molecule has 0 unspecified atom stereocenters. The number of pyridine rings is 1. The molecule has 8 heteroatoms. The van der Waals surface area contributed by atoms with E-state index in [1.807, 2.05) is 6.92 Å². The molecular weight excluding hydrogens is 327 g/mol. The number of aromatic nitrogens is 1. The van der Waals surface area contributed by atoms with E-state index in [2.05, 4.69) is 31.5 Å². The number of hydrogen-bond donors (Lipinski definition) is 2.